The standard InChI is InChI=1S/C13H14F3N3S/c1-20-12(4-5-12)7-19-10-3-2-8(17)6-9(10)18-11(19)13(14,15)16/h2-3,6H,4-5,7,17H2,1H3. The second-order valence-corrected chi connectivity index (χ2v) is 6.43. The molecule has 2 aromatic rings. The molecule has 0 spiro atoms. The molecule has 1 aliphatic carbocycles. The van der Waals surface area contributed by atoms with Crippen molar-refractivity contribution in [3.63, 3.8) is 0 Å². The fourth-order valence-electron chi connectivity index (χ4n) is 2.38. The van der Waals surface area contributed by atoms with Gasteiger partial charge in [0.15, 0.2) is 0 Å². The topological polar surface area (TPSA) is 43.8 Å². The van der Waals surface area contributed by atoms with Crippen molar-refractivity contribution >= 4 is 28.5 Å². The molecule has 0 amide bonds. The molecule has 3 nitrogen and oxygen atoms in total. The summed E-state index contributed by atoms with van der Waals surface area (Å²) in [6.45, 7) is 0.337. The van der Waals surface area contributed by atoms with Crippen molar-refractivity contribution in [1.29, 1.82) is 0 Å². The first-order valence-electron chi connectivity index (χ1n) is 6.23. The minimum absolute atomic E-state index is 0.0744. The Hall–Kier alpha value is -1.37. The largest absolute Gasteiger partial charge is 0.449 e. The van der Waals surface area contributed by atoms with E-state index in [0.717, 1.165) is 12.8 Å². The lowest BCUT2D eigenvalue weighted by molar-refractivity contribution is -0.146. The van der Waals surface area contributed by atoms with Gasteiger partial charge >= 0.3 is 6.18 Å². The van der Waals surface area contributed by atoms with E-state index in [9.17, 15) is 13.2 Å². The summed E-state index contributed by atoms with van der Waals surface area (Å²) in [5.41, 5.74) is 6.83. The zero-order chi connectivity index (χ0) is 14.5. The molecule has 1 aliphatic rings. The molecule has 0 unspecified atom stereocenters. The first kappa shape index (κ1) is 13.6. The predicted octanol–water partition coefficient (Wildman–Crippen LogP) is 3.53. The van der Waals surface area contributed by atoms with E-state index < -0.39 is 12.0 Å². The number of aromatic nitrogens is 2. The van der Waals surface area contributed by atoms with Gasteiger partial charge in [-0.1, -0.05) is 0 Å². The molecule has 0 saturated heterocycles. The van der Waals surface area contributed by atoms with Crippen molar-refractivity contribution in [3.05, 3.63) is 24.0 Å². The highest BCUT2D eigenvalue weighted by Crippen LogP contribution is 2.49. The van der Waals surface area contributed by atoms with Gasteiger partial charge in [0, 0.05) is 17.0 Å². The number of hydrogen-bond acceptors (Lipinski definition) is 3. The number of alkyl halides is 3. The number of thioether (sulfide) groups is 1. The first-order valence-corrected chi connectivity index (χ1v) is 7.45. The number of anilines is 1. The minimum Gasteiger partial charge on any atom is -0.399 e. The molecule has 1 saturated carbocycles. The zero-order valence-electron chi connectivity index (χ0n) is 10.9. The lowest BCUT2D eigenvalue weighted by Crippen LogP contribution is -2.21. The minimum atomic E-state index is -4.46. The molecular weight excluding hydrogens is 287 g/mol. The maximum absolute atomic E-state index is 13.2. The summed E-state index contributed by atoms with van der Waals surface area (Å²) in [6.07, 6.45) is -0.625. The van der Waals surface area contributed by atoms with E-state index in [2.05, 4.69) is 4.98 Å². The number of fused-ring (bicyclic) bond motifs is 1. The van der Waals surface area contributed by atoms with Crippen LogP contribution in [0.15, 0.2) is 18.2 Å². The average Bonchev–Trinajstić information content (AvgIpc) is 3.04. The molecule has 1 heterocycles. The van der Waals surface area contributed by atoms with E-state index in [0.29, 0.717) is 23.3 Å². The molecular formula is C13H14F3N3S. The highest BCUT2D eigenvalue weighted by atomic mass is 32.2. The Morgan fingerprint density at radius 2 is 2.10 bits per heavy atom. The van der Waals surface area contributed by atoms with Gasteiger partial charge in [-0.15, -0.1) is 0 Å². The Bertz CT molecular complexity index is 659. The molecule has 108 valence electrons. The summed E-state index contributed by atoms with van der Waals surface area (Å²) >= 11 is 1.63. The van der Waals surface area contributed by atoms with Crippen LogP contribution < -0.4 is 5.73 Å². The fourth-order valence-corrected chi connectivity index (χ4v) is 3.15. The average molecular weight is 301 g/mol. The molecule has 0 bridgehead atoms. The normalized spacial score (nSPS) is 17.6. The van der Waals surface area contributed by atoms with Crippen LogP contribution in [0.1, 0.15) is 18.7 Å². The number of rotatable bonds is 3. The summed E-state index contributed by atoms with van der Waals surface area (Å²) in [4.78, 5) is 3.74. The van der Waals surface area contributed by atoms with E-state index in [1.165, 1.54) is 10.6 Å². The molecule has 1 fully saturated rings. The highest BCUT2D eigenvalue weighted by molar-refractivity contribution is 8.00. The van der Waals surface area contributed by atoms with Crippen LogP contribution in [0.5, 0.6) is 0 Å². The van der Waals surface area contributed by atoms with Crippen molar-refractivity contribution in [3.8, 4) is 0 Å². The molecule has 20 heavy (non-hydrogen) atoms. The number of nitrogens with two attached hydrogens (primary N) is 1. The van der Waals surface area contributed by atoms with Crippen LogP contribution in [-0.2, 0) is 12.7 Å². The highest BCUT2D eigenvalue weighted by Gasteiger charge is 2.45. The van der Waals surface area contributed by atoms with Gasteiger partial charge in [0.1, 0.15) is 0 Å². The number of benzene rings is 1. The second-order valence-electron chi connectivity index (χ2n) is 5.15. The van der Waals surface area contributed by atoms with Gasteiger partial charge in [-0.25, -0.2) is 4.98 Å². The molecule has 1 aromatic carbocycles. The van der Waals surface area contributed by atoms with Gasteiger partial charge in [0.05, 0.1) is 11.0 Å². The van der Waals surface area contributed by atoms with Crippen molar-refractivity contribution in [2.24, 2.45) is 0 Å². The van der Waals surface area contributed by atoms with Crippen LogP contribution in [0.2, 0.25) is 0 Å². The van der Waals surface area contributed by atoms with Gasteiger partial charge < -0.3 is 10.3 Å². The van der Waals surface area contributed by atoms with E-state index in [4.69, 9.17) is 5.73 Å². The number of halogens is 3. The summed E-state index contributed by atoms with van der Waals surface area (Å²) in [5, 5.41) is 0. The van der Waals surface area contributed by atoms with E-state index in [-0.39, 0.29) is 4.75 Å². The Morgan fingerprint density at radius 3 is 2.65 bits per heavy atom. The van der Waals surface area contributed by atoms with Gasteiger partial charge in [0.25, 0.3) is 0 Å². The zero-order valence-corrected chi connectivity index (χ0v) is 11.7. The maximum Gasteiger partial charge on any atom is 0.449 e. The van der Waals surface area contributed by atoms with Gasteiger partial charge in [0.2, 0.25) is 5.82 Å². The lowest BCUT2D eigenvalue weighted by Gasteiger charge is -2.17. The van der Waals surface area contributed by atoms with Gasteiger partial charge in [-0.2, -0.15) is 24.9 Å². The number of imidazole rings is 1. The summed E-state index contributed by atoms with van der Waals surface area (Å²) in [5.74, 6) is -0.835. The Balaban J connectivity index is 2.16. The Kier molecular flexibility index (Phi) is 2.93. The molecule has 3 rings (SSSR count). The third kappa shape index (κ3) is 2.24. The van der Waals surface area contributed by atoms with Crippen molar-refractivity contribution < 1.29 is 13.2 Å². The van der Waals surface area contributed by atoms with E-state index >= 15 is 0 Å². The van der Waals surface area contributed by atoms with Gasteiger partial charge in [-0.3, -0.25) is 0 Å². The van der Waals surface area contributed by atoms with E-state index in [1.54, 1.807) is 23.9 Å². The Labute approximate surface area is 118 Å². The van der Waals surface area contributed by atoms with Crippen LogP contribution in [0, 0.1) is 0 Å². The van der Waals surface area contributed by atoms with Crippen LogP contribution in [0.4, 0.5) is 18.9 Å². The molecule has 1 aromatic heterocycles. The monoisotopic (exact) mass is 301 g/mol. The lowest BCUT2D eigenvalue weighted by atomic mass is 10.2. The SMILES string of the molecule is CSC1(Cn2c(C(F)(F)F)nc3cc(N)ccc32)CC1. The third-order valence-corrected chi connectivity index (χ3v) is 5.12. The quantitative estimate of drug-likeness (QED) is 0.882. The predicted molar refractivity (Wildman–Crippen MR) is 74.6 cm³/mol. The van der Waals surface area contributed by atoms with Crippen LogP contribution in [-0.4, -0.2) is 20.6 Å². The third-order valence-electron chi connectivity index (χ3n) is 3.71. The second kappa shape index (κ2) is 4.31. The summed E-state index contributed by atoms with van der Waals surface area (Å²) in [6, 6.07) is 4.71. The Morgan fingerprint density at radius 1 is 1.40 bits per heavy atom. The maximum atomic E-state index is 13.2. The van der Waals surface area contributed by atoms with Crippen LogP contribution in [0.3, 0.4) is 0 Å². The smallest absolute Gasteiger partial charge is 0.399 e. The molecule has 7 heteroatoms. The van der Waals surface area contributed by atoms with Crippen molar-refractivity contribution in [2.45, 2.75) is 30.3 Å². The van der Waals surface area contributed by atoms with Crippen molar-refractivity contribution in [2.75, 3.05) is 12.0 Å². The molecule has 0 aliphatic heterocycles. The summed E-state index contributed by atoms with van der Waals surface area (Å²) in [7, 11) is 0. The first-order chi connectivity index (χ1) is 9.35. The number of nitrogen functional groups attached to an aromatic ring is 1. The van der Waals surface area contributed by atoms with E-state index in [1.807, 2.05) is 6.26 Å². The van der Waals surface area contributed by atoms with Gasteiger partial charge in [-0.05, 0) is 37.3 Å². The molecule has 0 atom stereocenters. The number of nitrogens with zero attached hydrogens (tertiary/aromatic N) is 2. The summed E-state index contributed by atoms with van der Waals surface area (Å²) < 4.78 is 40.7. The fraction of sp³-hybridized carbons (Fsp3) is 0.462. The molecule has 0 radical (unpaired) electrons. The molecule has 2 N–H and O–H groups in total. The number of hydrogen-bond donors (Lipinski definition) is 1. The van der Waals surface area contributed by atoms with Crippen LogP contribution in [0.25, 0.3) is 11.0 Å². The van der Waals surface area contributed by atoms with Crippen LogP contribution >= 0.6 is 11.8 Å². The van der Waals surface area contributed by atoms with Crippen molar-refractivity contribution in [1.82, 2.24) is 9.55 Å².